The topological polar surface area (TPSA) is 21.1 Å². The number of nitrogens with zero attached hydrogens (tertiary/aromatic N) is 3. The van der Waals surface area contributed by atoms with Crippen LogP contribution in [0.5, 0.6) is 0 Å². The van der Waals surface area contributed by atoms with Crippen molar-refractivity contribution in [3.63, 3.8) is 0 Å². The number of aromatic nitrogens is 2. The molecule has 0 fully saturated rings. The molecule has 0 N–H and O–H groups in total. The molecule has 0 radical (unpaired) electrons. The number of rotatable bonds is 4. The lowest BCUT2D eigenvalue weighted by Gasteiger charge is -2.27. The molecule has 0 atom stereocenters. The minimum Gasteiger partial charge on any atom is -0.299 e. The summed E-state index contributed by atoms with van der Waals surface area (Å²) in [5, 5.41) is 4.92. The van der Waals surface area contributed by atoms with Gasteiger partial charge in [-0.25, -0.2) is 9.07 Å². The van der Waals surface area contributed by atoms with Gasteiger partial charge in [-0.1, -0.05) is 25.1 Å². The van der Waals surface area contributed by atoms with Gasteiger partial charge in [0.1, 0.15) is 5.82 Å². The van der Waals surface area contributed by atoms with Crippen molar-refractivity contribution in [1.29, 1.82) is 0 Å². The zero-order chi connectivity index (χ0) is 17.2. The average molecular weight is 335 g/mol. The van der Waals surface area contributed by atoms with E-state index >= 15 is 0 Å². The number of benzene rings is 2. The van der Waals surface area contributed by atoms with Crippen molar-refractivity contribution < 1.29 is 4.39 Å². The third-order valence-electron chi connectivity index (χ3n) is 4.79. The molecule has 0 saturated heterocycles. The van der Waals surface area contributed by atoms with Gasteiger partial charge in [-0.05, 0) is 49.4 Å². The molecule has 2 aromatic carbocycles. The first-order chi connectivity index (χ1) is 12.3. The monoisotopic (exact) mass is 335 g/mol. The molecular weight excluding hydrogens is 313 g/mol. The van der Waals surface area contributed by atoms with E-state index in [0.717, 1.165) is 49.4 Å². The summed E-state index contributed by atoms with van der Waals surface area (Å²) in [6.45, 7) is 5.27. The zero-order valence-corrected chi connectivity index (χ0v) is 14.5. The van der Waals surface area contributed by atoms with Crippen LogP contribution in [0.3, 0.4) is 0 Å². The third-order valence-corrected chi connectivity index (χ3v) is 4.79. The molecule has 1 aliphatic rings. The van der Waals surface area contributed by atoms with Gasteiger partial charge in [-0.3, -0.25) is 4.90 Å². The summed E-state index contributed by atoms with van der Waals surface area (Å²) in [5.74, 6) is -0.215. The number of hydrogen-bond donors (Lipinski definition) is 0. The van der Waals surface area contributed by atoms with Crippen LogP contribution in [0.2, 0.25) is 0 Å². The lowest BCUT2D eigenvalue weighted by molar-refractivity contribution is 0.253. The van der Waals surface area contributed by atoms with Crippen molar-refractivity contribution in [1.82, 2.24) is 14.7 Å². The van der Waals surface area contributed by atoms with Crippen LogP contribution in [0.4, 0.5) is 4.39 Å². The fourth-order valence-corrected chi connectivity index (χ4v) is 3.60. The molecule has 128 valence electrons. The van der Waals surface area contributed by atoms with Gasteiger partial charge in [0, 0.05) is 30.6 Å². The van der Waals surface area contributed by atoms with Crippen molar-refractivity contribution in [3.05, 3.63) is 71.7 Å². The minimum absolute atomic E-state index is 0.215. The zero-order valence-electron chi connectivity index (χ0n) is 14.5. The number of fused-ring (bicyclic) bond motifs is 1. The van der Waals surface area contributed by atoms with Crippen LogP contribution in [0, 0.1) is 5.82 Å². The van der Waals surface area contributed by atoms with Crippen LogP contribution in [0.25, 0.3) is 16.9 Å². The van der Waals surface area contributed by atoms with Gasteiger partial charge in [0.05, 0.1) is 17.1 Å². The molecule has 0 spiro atoms. The smallest absolute Gasteiger partial charge is 0.123 e. The standard InChI is InChI=1S/C21H22FN3/c1-2-13-24-14-12-20-19(15-24)21(16-8-10-17(22)11-9-16)23-25(20)18-6-4-3-5-7-18/h3-11H,2,12-15H2,1H3. The van der Waals surface area contributed by atoms with E-state index in [1.807, 2.05) is 30.3 Å². The minimum atomic E-state index is -0.215. The van der Waals surface area contributed by atoms with Crippen molar-refractivity contribution in [2.45, 2.75) is 26.3 Å². The second-order valence-corrected chi connectivity index (χ2v) is 6.55. The molecule has 4 heteroatoms. The van der Waals surface area contributed by atoms with Gasteiger partial charge in [-0.15, -0.1) is 0 Å². The fraction of sp³-hybridized carbons (Fsp3) is 0.286. The van der Waals surface area contributed by atoms with Crippen molar-refractivity contribution in [2.75, 3.05) is 13.1 Å². The Morgan fingerprint density at radius 1 is 1.04 bits per heavy atom. The highest BCUT2D eigenvalue weighted by Crippen LogP contribution is 2.31. The Balaban J connectivity index is 1.83. The Hall–Kier alpha value is -2.46. The summed E-state index contributed by atoms with van der Waals surface area (Å²) in [6, 6.07) is 16.9. The van der Waals surface area contributed by atoms with E-state index in [0.29, 0.717) is 0 Å². The molecule has 1 aliphatic heterocycles. The summed E-state index contributed by atoms with van der Waals surface area (Å²) in [4.78, 5) is 2.48. The van der Waals surface area contributed by atoms with Gasteiger partial charge in [-0.2, -0.15) is 5.10 Å². The molecule has 2 heterocycles. The SMILES string of the molecule is CCCN1CCc2c(c(-c3ccc(F)cc3)nn2-c2ccccc2)C1. The van der Waals surface area contributed by atoms with Gasteiger partial charge < -0.3 is 0 Å². The number of halogens is 1. The first-order valence-corrected chi connectivity index (χ1v) is 8.90. The predicted octanol–water partition coefficient (Wildman–Crippen LogP) is 4.45. The summed E-state index contributed by atoms with van der Waals surface area (Å²) < 4.78 is 15.4. The van der Waals surface area contributed by atoms with Crippen LogP contribution >= 0.6 is 0 Å². The van der Waals surface area contributed by atoms with Crippen LogP contribution < -0.4 is 0 Å². The van der Waals surface area contributed by atoms with E-state index in [1.54, 1.807) is 0 Å². The molecule has 1 aromatic heterocycles. The van der Waals surface area contributed by atoms with E-state index in [9.17, 15) is 4.39 Å². The number of para-hydroxylation sites is 1. The maximum atomic E-state index is 13.3. The molecular formula is C21H22FN3. The van der Waals surface area contributed by atoms with E-state index < -0.39 is 0 Å². The first-order valence-electron chi connectivity index (χ1n) is 8.90. The lowest BCUT2D eigenvalue weighted by atomic mass is 10.0. The largest absolute Gasteiger partial charge is 0.299 e. The maximum Gasteiger partial charge on any atom is 0.123 e. The Morgan fingerprint density at radius 2 is 1.80 bits per heavy atom. The van der Waals surface area contributed by atoms with E-state index in [-0.39, 0.29) is 5.82 Å². The lowest BCUT2D eigenvalue weighted by Crippen LogP contribution is -2.31. The Morgan fingerprint density at radius 3 is 2.52 bits per heavy atom. The van der Waals surface area contributed by atoms with E-state index in [2.05, 4.69) is 28.6 Å². The van der Waals surface area contributed by atoms with Gasteiger partial charge in [0.2, 0.25) is 0 Å². The third kappa shape index (κ3) is 3.10. The molecule has 3 aromatic rings. The quantitative estimate of drug-likeness (QED) is 0.702. The Bertz CT molecular complexity index is 853. The summed E-state index contributed by atoms with van der Waals surface area (Å²) in [5.41, 5.74) is 5.58. The second-order valence-electron chi connectivity index (χ2n) is 6.55. The van der Waals surface area contributed by atoms with Crippen molar-refractivity contribution >= 4 is 0 Å². The van der Waals surface area contributed by atoms with Crippen LogP contribution in [0.15, 0.2) is 54.6 Å². The highest BCUT2D eigenvalue weighted by atomic mass is 19.1. The molecule has 0 unspecified atom stereocenters. The van der Waals surface area contributed by atoms with E-state index in [4.69, 9.17) is 5.10 Å². The van der Waals surface area contributed by atoms with Gasteiger partial charge in [0.15, 0.2) is 0 Å². The first kappa shape index (κ1) is 16.0. The number of hydrogen-bond acceptors (Lipinski definition) is 2. The highest BCUT2D eigenvalue weighted by Gasteiger charge is 2.25. The molecule has 3 nitrogen and oxygen atoms in total. The summed E-state index contributed by atoms with van der Waals surface area (Å²) in [7, 11) is 0. The molecule has 0 aliphatic carbocycles. The molecule has 25 heavy (non-hydrogen) atoms. The molecule has 0 saturated carbocycles. The van der Waals surface area contributed by atoms with Crippen LogP contribution in [0.1, 0.15) is 24.6 Å². The van der Waals surface area contributed by atoms with Crippen molar-refractivity contribution in [2.24, 2.45) is 0 Å². The maximum absolute atomic E-state index is 13.3. The summed E-state index contributed by atoms with van der Waals surface area (Å²) in [6.07, 6.45) is 2.13. The fourth-order valence-electron chi connectivity index (χ4n) is 3.60. The van der Waals surface area contributed by atoms with Crippen LogP contribution in [-0.2, 0) is 13.0 Å². The molecule has 4 rings (SSSR count). The normalized spacial score (nSPS) is 14.5. The Kier molecular flexibility index (Phi) is 4.36. The van der Waals surface area contributed by atoms with E-state index in [1.165, 1.54) is 23.4 Å². The van der Waals surface area contributed by atoms with Gasteiger partial charge >= 0.3 is 0 Å². The second kappa shape index (κ2) is 6.81. The van der Waals surface area contributed by atoms with Gasteiger partial charge in [0.25, 0.3) is 0 Å². The summed E-state index contributed by atoms with van der Waals surface area (Å²) >= 11 is 0. The predicted molar refractivity (Wildman–Crippen MR) is 98.2 cm³/mol. The van der Waals surface area contributed by atoms with Crippen molar-refractivity contribution in [3.8, 4) is 16.9 Å². The highest BCUT2D eigenvalue weighted by molar-refractivity contribution is 5.65. The Labute approximate surface area is 147 Å². The average Bonchev–Trinajstić information content (AvgIpc) is 3.02. The molecule has 0 bridgehead atoms. The van der Waals surface area contributed by atoms with Crippen LogP contribution in [-0.4, -0.2) is 27.8 Å². The molecule has 0 amide bonds.